The molecule has 27 heteroatoms. The molecule has 13 rings (SSSR count). The van der Waals surface area contributed by atoms with Crippen molar-refractivity contribution in [1.82, 2.24) is 55.2 Å². The average Bonchev–Trinajstić information content (AvgIpc) is 1.61. The monoisotopic (exact) mass is 1600 g/mol. The summed E-state index contributed by atoms with van der Waals surface area (Å²) in [6.45, 7) is 7.93. The third-order valence-electron chi connectivity index (χ3n) is 13.3. The van der Waals surface area contributed by atoms with Crippen LogP contribution in [0.2, 0.25) is 10.3 Å². The van der Waals surface area contributed by atoms with E-state index in [4.69, 9.17) is 73.1 Å². The van der Waals surface area contributed by atoms with E-state index in [0.717, 1.165) is 31.7 Å². The number of nitrogens with zero attached hydrogens (tertiary/aromatic N) is 11. The molecule has 0 radical (unpaired) electrons. The third kappa shape index (κ3) is 25.9. The van der Waals surface area contributed by atoms with E-state index in [-0.39, 0.29) is 51.7 Å². The van der Waals surface area contributed by atoms with Gasteiger partial charge in [0.2, 0.25) is 0 Å². The molecule has 2 aliphatic rings. The van der Waals surface area contributed by atoms with Gasteiger partial charge in [-0.05, 0) is 134 Å². The molecule has 11 aromatic rings. The van der Waals surface area contributed by atoms with E-state index in [1.807, 2.05) is 85.6 Å². The number of halogens is 6. The maximum Gasteiger partial charge on any atom is -0.0134 e. The molecule has 1 fully saturated rings. The molecule has 17 nitrogen and oxygen atoms in total. The third-order valence-corrected chi connectivity index (χ3v) is 19.4. The van der Waals surface area contributed by atoms with Gasteiger partial charge in [-0.25, -0.2) is 0 Å². The van der Waals surface area contributed by atoms with Crippen LogP contribution in [0.4, 0.5) is 0 Å². The zero-order valence-electron chi connectivity index (χ0n) is 52.1. The number of allylic oxidation sites excluding steroid dienone is 1. The van der Waals surface area contributed by atoms with Crippen LogP contribution in [0, 0.1) is 3.70 Å². The molecule has 0 aliphatic carbocycles. The summed E-state index contributed by atoms with van der Waals surface area (Å²) in [6.07, 6.45) is 14.7. The zero-order valence-corrected chi connectivity index (χ0v) is 61.3. The molecular weight excluding hydrogens is 1540 g/mol. The van der Waals surface area contributed by atoms with Crippen LogP contribution in [0.15, 0.2) is 261 Å². The van der Waals surface area contributed by atoms with Gasteiger partial charge < -0.3 is 19.9 Å². The van der Waals surface area contributed by atoms with Crippen LogP contribution in [0.3, 0.4) is 0 Å². The SMILES string of the molecule is Clc1ccc(I)nn1.Cn1cc(-c2ccc(Cl)nn2)cn1.Cn1cc(B2OC(C)(C)C(C)(C)O2)cn1.Cn1cc(C2=NNC(Cl)C=C2)cn1.O.O=CO.[Cl][Pd][Cl].c1ccc(P(c2ccccc2)c2ccccc2)cc1.c1ccc(P(c2ccccc2)c2ccccc2)cc1. The second-order valence-electron chi connectivity index (χ2n) is 20.5. The number of hydrogen-bond acceptors (Lipinski definition) is 12. The number of alkyl halides is 1. The molecule has 7 heterocycles. The summed E-state index contributed by atoms with van der Waals surface area (Å²) in [5.41, 5.74) is 6.51. The minimum absolute atomic E-state index is 0. The summed E-state index contributed by atoms with van der Waals surface area (Å²) < 4.78 is 17.8. The molecule has 94 heavy (non-hydrogen) atoms. The minimum Gasteiger partial charge on any atom is -0.0622 e. The van der Waals surface area contributed by atoms with Crippen LogP contribution >= 0.6 is 92.3 Å². The van der Waals surface area contributed by atoms with Crippen molar-refractivity contribution in [2.24, 2.45) is 26.2 Å². The molecule has 1 saturated heterocycles. The van der Waals surface area contributed by atoms with Crippen molar-refractivity contribution in [3.05, 3.63) is 275 Å². The Bertz CT molecular complexity index is 3620. The van der Waals surface area contributed by atoms with Crippen LogP contribution in [0.25, 0.3) is 11.3 Å². The first-order valence-corrected chi connectivity index (χ1v) is 37.2. The number of benzene rings is 6. The molecule has 2 aliphatic heterocycles. The first-order valence-electron chi connectivity index (χ1n) is 28.3. The van der Waals surface area contributed by atoms with Gasteiger partial charge in [-0.1, -0.05) is 217 Å². The Hall–Kier alpha value is -6.56. The summed E-state index contributed by atoms with van der Waals surface area (Å²) in [7, 11) is 14.0. The van der Waals surface area contributed by atoms with Crippen LogP contribution < -0.4 is 42.7 Å². The van der Waals surface area contributed by atoms with E-state index >= 15 is 0 Å². The molecule has 1 atom stereocenters. The largest absolute Gasteiger partial charge is 0.0622 e. The molecule has 6 aromatic carbocycles. The number of nitrogens with one attached hydrogen (secondary N) is 1. The topological polar surface area (TPSA) is 217 Å². The van der Waals surface area contributed by atoms with Gasteiger partial charge in [-0.2, -0.15) is 20.4 Å². The van der Waals surface area contributed by atoms with Crippen molar-refractivity contribution in [3.63, 3.8) is 0 Å². The molecular formula is C67H69BCl5IN12O5P2Pd. The molecule has 4 N–H and O–H groups in total. The predicted molar refractivity (Wildman–Crippen MR) is 394 cm³/mol. The Kier molecular flexibility index (Phi) is 34.4. The second-order valence-corrected chi connectivity index (χ2v) is 29.6. The zero-order chi connectivity index (χ0) is 67.0. The summed E-state index contributed by atoms with van der Waals surface area (Å²) in [5, 5.41) is 47.3. The van der Waals surface area contributed by atoms with Crippen LogP contribution in [0.5, 0.6) is 0 Å². The van der Waals surface area contributed by atoms with Crippen LogP contribution in [0.1, 0.15) is 33.3 Å². The molecule has 1 unspecified atom stereocenters. The number of carboxylic acid groups (broad SMARTS) is 1. The molecule has 0 bridgehead atoms. The number of aryl methyl sites for hydroxylation is 3. The van der Waals surface area contributed by atoms with Crippen molar-refractivity contribution < 1.29 is 40.6 Å². The number of aromatic nitrogens is 10. The first-order chi connectivity index (χ1) is 44.8. The standard InChI is InChI=1S/2C18H15P.C10H17BN2O2.C8H9ClN4.C8H7ClN4.C4H2ClIN2.CH2O2.2ClH.H2O.Pd/c2*1-4-10-16(11-5-1)19(17-12-6-2-7-13-17)18-14-8-3-9-15-18;1-9(2)10(3,4)15-11(14-9)8-6-12-13(5)7-8;2*1-13-5-6(4-10-13)7-2-3-8(9)12-11-7;5-3-1-2-4(6)8-7-3;2-1-3;;;;/h2*1-15H;6-7H,1-5H3;2-5,8,12H,1H3;2-5H,1H3;1-2H;1H,(H,2,3);2*1H;1H2;/q;;;;;;;;;;+2/p-2. The fourth-order valence-electron chi connectivity index (χ4n) is 8.32. The molecule has 5 aromatic heterocycles. The Balaban J connectivity index is 0.000000203. The Morgan fingerprint density at radius 3 is 1.16 bits per heavy atom. The summed E-state index contributed by atoms with van der Waals surface area (Å²) in [4.78, 5) is 8.36. The molecule has 0 saturated carbocycles. The average molecular weight is 1610 g/mol. The maximum absolute atomic E-state index is 8.36. The number of hydrogen-bond donors (Lipinski definition) is 2. The van der Waals surface area contributed by atoms with E-state index in [0.29, 0.717) is 10.3 Å². The van der Waals surface area contributed by atoms with Gasteiger partial charge in [0.25, 0.3) is 6.47 Å². The van der Waals surface area contributed by atoms with E-state index in [1.165, 1.54) is 31.8 Å². The van der Waals surface area contributed by atoms with Gasteiger partial charge in [0.15, 0.2) is 10.3 Å². The number of hydrazone groups is 1. The van der Waals surface area contributed by atoms with Crippen LogP contribution in [-0.4, -0.2) is 96.3 Å². The smallest absolute Gasteiger partial charge is 0.0134 e. The maximum atomic E-state index is 8.36. The van der Waals surface area contributed by atoms with Gasteiger partial charge in [0.1, 0.15) is 9.20 Å². The van der Waals surface area contributed by atoms with Crippen molar-refractivity contribution in [2.45, 2.75) is 44.4 Å². The van der Waals surface area contributed by atoms with Crippen molar-refractivity contribution in [3.8, 4) is 11.3 Å². The fraction of sp³-hybridized carbons (Fsp3) is 0.149. The minimum atomic E-state index is -0.446. The van der Waals surface area contributed by atoms with Crippen LogP contribution in [-0.2, 0) is 51.2 Å². The molecule has 492 valence electrons. The van der Waals surface area contributed by atoms with Gasteiger partial charge in [0, 0.05) is 62.5 Å². The molecule has 0 amide bonds. The van der Waals surface area contributed by atoms with E-state index in [1.54, 1.807) is 50.8 Å². The van der Waals surface area contributed by atoms with E-state index in [2.05, 4.69) is 251 Å². The van der Waals surface area contributed by atoms with Gasteiger partial charge in [-0.15, -0.1) is 20.4 Å². The summed E-state index contributed by atoms with van der Waals surface area (Å²) >= 11 is 18.8. The van der Waals surface area contributed by atoms with Gasteiger partial charge in [0.05, 0.1) is 35.0 Å². The normalized spacial score (nSPS) is 13.5. The Labute approximate surface area is 596 Å². The number of rotatable bonds is 9. The quantitative estimate of drug-likeness (QED) is 0.0345. The summed E-state index contributed by atoms with van der Waals surface area (Å²) in [5.74, 6) is 0. The summed E-state index contributed by atoms with van der Waals surface area (Å²) in [6, 6.07) is 71.7. The van der Waals surface area contributed by atoms with Gasteiger partial charge in [-0.3, -0.25) is 24.3 Å². The van der Waals surface area contributed by atoms with Gasteiger partial charge >= 0.3 is 42.1 Å². The Morgan fingerprint density at radius 1 is 0.543 bits per heavy atom. The number of carbonyl (C=O) groups is 1. The van der Waals surface area contributed by atoms with E-state index < -0.39 is 15.8 Å². The molecule has 0 spiro atoms. The van der Waals surface area contributed by atoms with Crippen molar-refractivity contribution in [2.75, 3.05) is 0 Å². The second kappa shape index (κ2) is 41.4. The fourth-order valence-corrected chi connectivity index (χ4v) is 13.5. The Morgan fingerprint density at radius 2 is 0.883 bits per heavy atom. The van der Waals surface area contributed by atoms with E-state index in [9.17, 15) is 0 Å². The van der Waals surface area contributed by atoms with Crippen molar-refractivity contribution >= 4 is 149 Å². The van der Waals surface area contributed by atoms with Crippen molar-refractivity contribution in [1.29, 1.82) is 0 Å². The first kappa shape index (κ1) is 78.1. The predicted octanol–water partition coefficient (Wildman–Crippen LogP) is 12.0.